The SMILES string of the molecule is CC(O)c1cn(CC(=O)N(CC(=O)NCc2cccc(Cl)c2F)C(C)C)c2ccc(-c3cncnc3)cc12. The van der Waals surface area contributed by atoms with Crippen molar-refractivity contribution in [2.24, 2.45) is 0 Å². The Morgan fingerprint density at radius 2 is 1.87 bits per heavy atom. The molecule has 1 atom stereocenters. The van der Waals surface area contributed by atoms with Gasteiger partial charge in [-0.05, 0) is 44.5 Å². The summed E-state index contributed by atoms with van der Waals surface area (Å²) >= 11 is 5.81. The molecular formula is C28H29ClFN5O3. The van der Waals surface area contributed by atoms with Crippen LogP contribution in [0.4, 0.5) is 4.39 Å². The number of hydrogen-bond acceptors (Lipinski definition) is 5. The van der Waals surface area contributed by atoms with E-state index in [9.17, 15) is 19.1 Å². The third-order valence-corrected chi connectivity index (χ3v) is 6.62. The third kappa shape index (κ3) is 6.00. The lowest BCUT2D eigenvalue weighted by Crippen LogP contribution is -2.45. The number of aliphatic hydroxyl groups is 1. The highest BCUT2D eigenvalue weighted by Gasteiger charge is 2.23. The van der Waals surface area contributed by atoms with Crippen molar-refractivity contribution in [2.75, 3.05) is 6.54 Å². The van der Waals surface area contributed by atoms with Crippen molar-refractivity contribution in [1.29, 1.82) is 0 Å². The number of fused-ring (bicyclic) bond motifs is 1. The molecule has 0 aliphatic carbocycles. The van der Waals surface area contributed by atoms with E-state index in [1.807, 2.05) is 32.0 Å². The summed E-state index contributed by atoms with van der Waals surface area (Å²) in [6.45, 7) is 5.08. The topological polar surface area (TPSA) is 100 Å². The number of aliphatic hydroxyl groups excluding tert-OH is 1. The zero-order chi connectivity index (χ0) is 27.4. The third-order valence-electron chi connectivity index (χ3n) is 6.33. The second-order valence-electron chi connectivity index (χ2n) is 9.35. The van der Waals surface area contributed by atoms with Crippen molar-refractivity contribution in [3.05, 3.63) is 83.3 Å². The van der Waals surface area contributed by atoms with Gasteiger partial charge in [0.15, 0.2) is 0 Å². The van der Waals surface area contributed by atoms with Crippen molar-refractivity contribution >= 4 is 34.3 Å². The van der Waals surface area contributed by atoms with Gasteiger partial charge in [-0.25, -0.2) is 14.4 Å². The largest absolute Gasteiger partial charge is 0.389 e. The molecule has 10 heteroatoms. The van der Waals surface area contributed by atoms with Gasteiger partial charge < -0.3 is 19.9 Å². The van der Waals surface area contributed by atoms with Gasteiger partial charge in [-0.2, -0.15) is 0 Å². The van der Waals surface area contributed by atoms with E-state index in [4.69, 9.17) is 11.6 Å². The Kier molecular flexibility index (Phi) is 8.38. The summed E-state index contributed by atoms with van der Waals surface area (Å²) in [6, 6.07) is 10.1. The van der Waals surface area contributed by atoms with Crippen LogP contribution >= 0.6 is 11.6 Å². The van der Waals surface area contributed by atoms with Gasteiger partial charge in [0.1, 0.15) is 18.7 Å². The number of amides is 2. The lowest BCUT2D eigenvalue weighted by molar-refractivity contribution is -0.138. The highest BCUT2D eigenvalue weighted by atomic mass is 35.5. The molecule has 2 aromatic heterocycles. The summed E-state index contributed by atoms with van der Waals surface area (Å²) in [5.41, 5.74) is 3.45. The first-order chi connectivity index (χ1) is 18.2. The van der Waals surface area contributed by atoms with E-state index in [0.29, 0.717) is 5.56 Å². The van der Waals surface area contributed by atoms with Gasteiger partial charge in [-0.1, -0.05) is 29.8 Å². The molecule has 8 nitrogen and oxygen atoms in total. The summed E-state index contributed by atoms with van der Waals surface area (Å²) < 4.78 is 15.9. The number of hydrogen-bond donors (Lipinski definition) is 2. The van der Waals surface area contributed by atoms with E-state index < -0.39 is 17.8 Å². The summed E-state index contributed by atoms with van der Waals surface area (Å²) in [5, 5.41) is 13.9. The second-order valence-corrected chi connectivity index (χ2v) is 9.76. The zero-order valence-electron chi connectivity index (χ0n) is 21.4. The maximum Gasteiger partial charge on any atom is 0.243 e. The van der Waals surface area contributed by atoms with Crippen molar-refractivity contribution < 1.29 is 19.1 Å². The molecule has 38 heavy (non-hydrogen) atoms. The average molecular weight is 538 g/mol. The monoisotopic (exact) mass is 537 g/mol. The van der Waals surface area contributed by atoms with Gasteiger partial charge in [-0.15, -0.1) is 0 Å². The van der Waals surface area contributed by atoms with Crippen molar-refractivity contribution in [3.8, 4) is 11.1 Å². The van der Waals surface area contributed by atoms with E-state index in [-0.39, 0.29) is 42.2 Å². The van der Waals surface area contributed by atoms with Crippen molar-refractivity contribution in [2.45, 2.75) is 46.0 Å². The molecule has 0 radical (unpaired) electrons. The van der Waals surface area contributed by atoms with Crippen LogP contribution in [0.25, 0.3) is 22.0 Å². The molecule has 2 amide bonds. The van der Waals surface area contributed by atoms with E-state index in [1.165, 1.54) is 17.3 Å². The normalized spacial score (nSPS) is 12.1. The van der Waals surface area contributed by atoms with Crippen molar-refractivity contribution in [1.82, 2.24) is 24.8 Å². The lowest BCUT2D eigenvalue weighted by atomic mass is 10.0. The Morgan fingerprint density at radius 1 is 1.13 bits per heavy atom. The molecule has 0 saturated heterocycles. The number of nitrogens with zero attached hydrogens (tertiary/aromatic N) is 4. The van der Waals surface area contributed by atoms with Crippen LogP contribution in [-0.2, 0) is 22.7 Å². The van der Waals surface area contributed by atoms with Crippen LogP contribution in [0.15, 0.2) is 61.3 Å². The van der Waals surface area contributed by atoms with Crippen LogP contribution in [0, 0.1) is 5.82 Å². The molecule has 0 spiro atoms. The number of carbonyl (C=O) groups is 2. The molecule has 1 unspecified atom stereocenters. The van der Waals surface area contributed by atoms with Gasteiger partial charge in [0.2, 0.25) is 11.8 Å². The maximum atomic E-state index is 14.1. The number of halogens is 2. The van der Waals surface area contributed by atoms with E-state index >= 15 is 0 Å². The van der Waals surface area contributed by atoms with E-state index in [1.54, 1.807) is 42.2 Å². The Hall–Kier alpha value is -3.82. The fourth-order valence-corrected chi connectivity index (χ4v) is 4.49. The van der Waals surface area contributed by atoms with Gasteiger partial charge in [0.25, 0.3) is 0 Å². The zero-order valence-corrected chi connectivity index (χ0v) is 22.1. The second kappa shape index (κ2) is 11.7. The molecule has 4 rings (SSSR count). The minimum atomic E-state index is -0.755. The highest BCUT2D eigenvalue weighted by molar-refractivity contribution is 6.30. The first kappa shape index (κ1) is 27.2. The molecule has 2 aromatic carbocycles. The summed E-state index contributed by atoms with van der Waals surface area (Å²) in [4.78, 5) is 35.6. The Morgan fingerprint density at radius 3 is 2.55 bits per heavy atom. The van der Waals surface area contributed by atoms with E-state index in [2.05, 4.69) is 15.3 Å². The molecule has 198 valence electrons. The van der Waals surface area contributed by atoms with Gasteiger partial charge in [-0.3, -0.25) is 9.59 Å². The number of carbonyl (C=O) groups excluding carboxylic acids is 2. The molecule has 2 heterocycles. The number of rotatable bonds is 9. The lowest BCUT2D eigenvalue weighted by Gasteiger charge is -2.26. The highest BCUT2D eigenvalue weighted by Crippen LogP contribution is 2.31. The fraction of sp³-hybridized carbons (Fsp3) is 0.286. The molecule has 0 aliphatic rings. The van der Waals surface area contributed by atoms with Gasteiger partial charge >= 0.3 is 0 Å². The fourth-order valence-electron chi connectivity index (χ4n) is 4.30. The van der Waals surface area contributed by atoms with Crippen LogP contribution in [0.1, 0.15) is 38.0 Å². The molecule has 4 aromatic rings. The Balaban J connectivity index is 1.52. The smallest absolute Gasteiger partial charge is 0.243 e. The van der Waals surface area contributed by atoms with Crippen LogP contribution in [0.3, 0.4) is 0 Å². The number of aromatic nitrogens is 3. The molecule has 0 aliphatic heterocycles. The van der Waals surface area contributed by atoms with Crippen LogP contribution in [0.2, 0.25) is 5.02 Å². The predicted octanol–water partition coefficient (Wildman–Crippen LogP) is 4.50. The van der Waals surface area contributed by atoms with Gasteiger partial charge in [0.05, 0.1) is 17.7 Å². The Labute approximate surface area is 225 Å². The first-order valence-corrected chi connectivity index (χ1v) is 12.6. The maximum absolute atomic E-state index is 14.1. The first-order valence-electron chi connectivity index (χ1n) is 12.2. The minimum Gasteiger partial charge on any atom is -0.389 e. The average Bonchev–Trinajstić information content (AvgIpc) is 3.26. The summed E-state index contributed by atoms with van der Waals surface area (Å²) in [5.74, 6) is -1.26. The predicted molar refractivity (Wildman–Crippen MR) is 144 cm³/mol. The molecule has 2 N–H and O–H groups in total. The quantitative estimate of drug-likeness (QED) is 0.327. The summed E-state index contributed by atoms with van der Waals surface area (Å²) in [7, 11) is 0. The molecule has 0 fully saturated rings. The summed E-state index contributed by atoms with van der Waals surface area (Å²) in [6.07, 6.45) is 5.89. The minimum absolute atomic E-state index is 0.0181. The molecule has 0 bridgehead atoms. The Bertz CT molecular complexity index is 1460. The van der Waals surface area contributed by atoms with E-state index in [0.717, 1.165) is 22.0 Å². The molecular weight excluding hydrogens is 509 g/mol. The van der Waals surface area contributed by atoms with Crippen LogP contribution < -0.4 is 5.32 Å². The number of nitrogens with one attached hydrogen (secondary N) is 1. The number of benzene rings is 2. The molecule has 0 saturated carbocycles. The van der Waals surface area contributed by atoms with Crippen LogP contribution in [-0.4, -0.2) is 48.9 Å². The van der Waals surface area contributed by atoms with Gasteiger partial charge in [0, 0.05) is 58.8 Å². The standard InChI is InChI=1S/C28H29ClFN5O3/c1-17(2)35(14-26(37)33-12-20-5-4-6-24(29)28(20)30)27(38)15-34-13-23(18(3)36)22-9-19(7-8-25(22)34)21-10-31-16-32-11-21/h4-11,13,16-18,36H,12,14-15H2,1-3H3,(H,33,37). The van der Waals surface area contributed by atoms with Crippen molar-refractivity contribution in [3.63, 3.8) is 0 Å². The van der Waals surface area contributed by atoms with Crippen LogP contribution in [0.5, 0.6) is 0 Å².